The second-order valence-electron chi connectivity index (χ2n) is 7.86. The Morgan fingerprint density at radius 2 is 1.76 bits per heavy atom. The maximum Gasteiger partial charge on any atom is 0.233 e. The maximum absolute atomic E-state index is 12.6. The Kier molecular flexibility index (Phi) is 6.06. The number of likely N-dealkylation sites (tertiary alicyclic amines) is 1. The first-order valence-corrected chi connectivity index (χ1v) is 10.7. The van der Waals surface area contributed by atoms with Crippen molar-refractivity contribution < 1.29 is 19.1 Å². The third kappa shape index (κ3) is 4.12. The predicted octanol–water partition coefficient (Wildman–Crippen LogP) is 2.68. The summed E-state index contributed by atoms with van der Waals surface area (Å²) in [5.74, 6) is -0.814. The molecular formula is C21H26ClN3O4. The summed E-state index contributed by atoms with van der Waals surface area (Å²) in [5.41, 5.74) is 1.42. The molecule has 29 heavy (non-hydrogen) atoms. The lowest BCUT2D eigenvalue weighted by Crippen LogP contribution is -2.37. The highest BCUT2D eigenvalue weighted by molar-refractivity contribution is 6.34. The van der Waals surface area contributed by atoms with E-state index in [9.17, 15) is 14.4 Å². The van der Waals surface area contributed by atoms with E-state index in [-0.39, 0.29) is 42.5 Å². The van der Waals surface area contributed by atoms with Crippen LogP contribution in [0.15, 0.2) is 18.2 Å². The van der Waals surface area contributed by atoms with Gasteiger partial charge in [-0.15, -0.1) is 0 Å². The Labute approximate surface area is 175 Å². The zero-order valence-corrected chi connectivity index (χ0v) is 17.1. The topological polar surface area (TPSA) is 79.0 Å². The Balaban J connectivity index is 1.40. The largest absolute Gasteiger partial charge is 0.378 e. The van der Waals surface area contributed by atoms with Crippen LogP contribution in [0.2, 0.25) is 5.02 Å². The molecule has 3 fully saturated rings. The summed E-state index contributed by atoms with van der Waals surface area (Å²) in [7, 11) is 0. The van der Waals surface area contributed by atoms with Crippen LogP contribution in [0, 0.1) is 11.8 Å². The van der Waals surface area contributed by atoms with Crippen molar-refractivity contribution in [3.8, 4) is 0 Å². The van der Waals surface area contributed by atoms with Crippen LogP contribution in [0.5, 0.6) is 0 Å². The Bertz CT molecular complexity index is 785. The van der Waals surface area contributed by atoms with Gasteiger partial charge in [0.15, 0.2) is 0 Å². The zero-order valence-electron chi connectivity index (χ0n) is 16.4. The highest BCUT2D eigenvalue weighted by Gasteiger charge is 2.47. The van der Waals surface area contributed by atoms with Gasteiger partial charge in [-0.05, 0) is 25.0 Å². The van der Waals surface area contributed by atoms with E-state index in [0.717, 1.165) is 31.4 Å². The number of carbonyl (C=O) groups is 3. The lowest BCUT2D eigenvalue weighted by molar-refractivity contribution is -0.140. The zero-order chi connectivity index (χ0) is 20.4. The smallest absolute Gasteiger partial charge is 0.233 e. The van der Waals surface area contributed by atoms with Crippen molar-refractivity contribution in [1.29, 1.82) is 0 Å². The first-order valence-electron chi connectivity index (χ1n) is 10.3. The molecule has 8 heteroatoms. The van der Waals surface area contributed by atoms with E-state index in [1.165, 1.54) is 4.90 Å². The molecule has 0 bridgehead atoms. The number of anilines is 2. The van der Waals surface area contributed by atoms with E-state index in [0.29, 0.717) is 37.0 Å². The van der Waals surface area contributed by atoms with Crippen LogP contribution in [0.3, 0.4) is 0 Å². The van der Waals surface area contributed by atoms with Gasteiger partial charge in [-0.3, -0.25) is 19.3 Å². The summed E-state index contributed by atoms with van der Waals surface area (Å²) in [6, 6.07) is 5.40. The average molecular weight is 420 g/mol. The molecule has 2 aliphatic heterocycles. The maximum atomic E-state index is 12.6. The molecule has 1 aliphatic carbocycles. The van der Waals surface area contributed by atoms with Gasteiger partial charge in [-0.2, -0.15) is 0 Å². The summed E-state index contributed by atoms with van der Waals surface area (Å²) < 4.78 is 5.40. The third-order valence-electron chi connectivity index (χ3n) is 6.08. The quantitative estimate of drug-likeness (QED) is 0.742. The standard InChI is InChI=1S/C21H26ClN3O4/c22-16-6-3-7-17(19(16)24-10-12-29-13-11-24)23-18(26)8-9-25-20(27)14-4-1-2-5-15(14)21(25)28/h3,6-7,14-15H,1-2,4-5,8-13H2,(H,23,26)/t14-,15+. The minimum absolute atomic E-state index is 0.0754. The molecule has 1 aromatic carbocycles. The van der Waals surface area contributed by atoms with Crippen molar-refractivity contribution in [2.75, 3.05) is 43.1 Å². The van der Waals surface area contributed by atoms with E-state index >= 15 is 0 Å². The fourth-order valence-electron chi connectivity index (χ4n) is 4.60. The Morgan fingerprint density at radius 1 is 1.10 bits per heavy atom. The normalized spacial score (nSPS) is 24.6. The number of halogens is 1. The van der Waals surface area contributed by atoms with Crippen molar-refractivity contribution in [2.24, 2.45) is 11.8 Å². The second-order valence-corrected chi connectivity index (χ2v) is 8.27. The number of imide groups is 1. The van der Waals surface area contributed by atoms with Gasteiger partial charge in [-0.25, -0.2) is 0 Å². The molecule has 4 rings (SSSR count). The molecule has 0 radical (unpaired) electrons. The van der Waals surface area contributed by atoms with Crippen LogP contribution in [0.25, 0.3) is 0 Å². The number of nitrogens with one attached hydrogen (secondary N) is 1. The molecule has 0 unspecified atom stereocenters. The van der Waals surface area contributed by atoms with Crippen molar-refractivity contribution in [3.63, 3.8) is 0 Å². The molecule has 1 aromatic rings. The van der Waals surface area contributed by atoms with Crippen LogP contribution in [-0.4, -0.2) is 55.5 Å². The minimum Gasteiger partial charge on any atom is -0.378 e. The fraction of sp³-hybridized carbons (Fsp3) is 0.571. The Hall–Kier alpha value is -2.12. The molecule has 0 spiro atoms. The number of morpholine rings is 1. The van der Waals surface area contributed by atoms with Crippen LogP contribution in [0.4, 0.5) is 11.4 Å². The number of carbonyl (C=O) groups excluding carboxylic acids is 3. The van der Waals surface area contributed by atoms with Crippen LogP contribution in [0.1, 0.15) is 32.1 Å². The summed E-state index contributed by atoms with van der Waals surface area (Å²) in [6.07, 6.45) is 3.62. The number of nitrogens with zero attached hydrogens (tertiary/aromatic N) is 2. The van der Waals surface area contributed by atoms with Gasteiger partial charge >= 0.3 is 0 Å². The van der Waals surface area contributed by atoms with Crippen molar-refractivity contribution in [1.82, 2.24) is 4.90 Å². The van der Waals surface area contributed by atoms with Crippen LogP contribution < -0.4 is 10.2 Å². The number of hydrogen-bond donors (Lipinski definition) is 1. The van der Waals surface area contributed by atoms with Gasteiger partial charge in [-0.1, -0.05) is 30.5 Å². The molecule has 2 atom stereocenters. The number of hydrogen-bond acceptors (Lipinski definition) is 5. The van der Waals surface area contributed by atoms with Gasteiger partial charge in [0.05, 0.1) is 41.4 Å². The number of amides is 3. The van der Waals surface area contributed by atoms with Crippen molar-refractivity contribution in [3.05, 3.63) is 23.2 Å². The van der Waals surface area contributed by atoms with Gasteiger partial charge in [0.1, 0.15) is 0 Å². The van der Waals surface area contributed by atoms with E-state index in [1.807, 2.05) is 6.07 Å². The predicted molar refractivity (Wildman–Crippen MR) is 110 cm³/mol. The summed E-state index contributed by atoms with van der Waals surface area (Å²) in [4.78, 5) is 41.1. The SMILES string of the molecule is O=C(CCN1C(=O)[C@H]2CCCC[C@H]2C1=O)Nc1cccc(Cl)c1N1CCOCC1. The summed E-state index contributed by atoms with van der Waals surface area (Å²) in [5, 5.41) is 3.48. The van der Waals surface area contributed by atoms with E-state index < -0.39 is 0 Å². The Morgan fingerprint density at radius 3 is 2.41 bits per heavy atom. The van der Waals surface area contributed by atoms with Gasteiger partial charge in [0.25, 0.3) is 0 Å². The molecule has 7 nitrogen and oxygen atoms in total. The molecule has 2 heterocycles. The molecule has 1 saturated carbocycles. The van der Waals surface area contributed by atoms with Crippen LogP contribution in [-0.2, 0) is 19.1 Å². The first-order chi connectivity index (χ1) is 14.1. The van der Waals surface area contributed by atoms with E-state index in [2.05, 4.69) is 10.2 Å². The lowest BCUT2D eigenvalue weighted by Gasteiger charge is -2.31. The number of benzene rings is 1. The fourth-order valence-corrected chi connectivity index (χ4v) is 4.90. The molecule has 156 valence electrons. The third-order valence-corrected chi connectivity index (χ3v) is 6.39. The van der Waals surface area contributed by atoms with E-state index in [1.54, 1.807) is 12.1 Å². The summed E-state index contributed by atoms with van der Waals surface area (Å²) >= 11 is 6.40. The lowest BCUT2D eigenvalue weighted by atomic mass is 9.81. The molecular weight excluding hydrogens is 394 g/mol. The molecule has 3 aliphatic rings. The molecule has 0 aromatic heterocycles. The van der Waals surface area contributed by atoms with Gasteiger partial charge in [0, 0.05) is 26.1 Å². The number of para-hydroxylation sites is 1. The molecule has 3 amide bonds. The van der Waals surface area contributed by atoms with Crippen molar-refractivity contribution >= 4 is 40.7 Å². The molecule has 2 saturated heterocycles. The highest BCUT2D eigenvalue weighted by Crippen LogP contribution is 2.38. The number of ether oxygens (including phenoxy) is 1. The number of fused-ring (bicyclic) bond motifs is 1. The monoisotopic (exact) mass is 419 g/mol. The van der Waals surface area contributed by atoms with E-state index in [4.69, 9.17) is 16.3 Å². The average Bonchev–Trinajstić information content (AvgIpc) is 2.98. The first kappa shape index (κ1) is 20.2. The number of rotatable bonds is 5. The van der Waals surface area contributed by atoms with Crippen molar-refractivity contribution in [2.45, 2.75) is 32.1 Å². The van der Waals surface area contributed by atoms with Gasteiger partial charge < -0.3 is 15.0 Å². The molecule has 1 N–H and O–H groups in total. The highest BCUT2D eigenvalue weighted by atomic mass is 35.5. The van der Waals surface area contributed by atoms with Gasteiger partial charge in [0.2, 0.25) is 17.7 Å². The minimum atomic E-state index is -0.239. The van der Waals surface area contributed by atoms with Crippen LogP contribution >= 0.6 is 11.6 Å². The summed E-state index contributed by atoms with van der Waals surface area (Å²) in [6.45, 7) is 2.75. The second kappa shape index (κ2) is 8.71.